The van der Waals surface area contributed by atoms with Crippen molar-refractivity contribution in [2.75, 3.05) is 18.0 Å². The lowest BCUT2D eigenvalue weighted by molar-refractivity contribution is -0.131. The Hall–Kier alpha value is -2.82. The minimum atomic E-state index is -0.461. The highest BCUT2D eigenvalue weighted by atomic mass is 16.5. The number of carbonyl (C=O) groups is 2. The molecule has 2 aromatic rings. The number of hydrogen-bond donors (Lipinski definition) is 1. The van der Waals surface area contributed by atoms with Crippen LogP contribution in [0.1, 0.15) is 56.1 Å². The largest absolute Gasteiger partial charge is 0.427 e. The maximum absolute atomic E-state index is 12.4. The van der Waals surface area contributed by atoms with Gasteiger partial charge >= 0.3 is 5.97 Å². The van der Waals surface area contributed by atoms with Crippen molar-refractivity contribution in [3.8, 4) is 5.75 Å². The molecule has 1 amide bonds. The standard InChI is InChI=1S/C23H28N2O3/c1-16(20-8-4-5-9-21(20)25-14-6-3-7-15-25)22(23(24)27)18-10-12-19(13-11-18)28-17(2)26/h4-5,8-13,16,22H,3,6-7,14-15H2,1-2H3,(H2,24,27). The molecule has 1 heterocycles. The van der Waals surface area contributed by atoms with Crippen LogP contribution in [0.3, 0.4) is 0 Å². The van der Waals surface area contributed by atoms with Crippen LogP contribution in [0.25, 0.3) is 0 Å². The zero-order chi connectivity index (χ0) is 20.1. The smallest absolute Gasteiger partial charge is 0.308 e. The summed E-state index contributed by atoms with van der Waals surface area (Å²) in [5, 5.41) is 0. The van der Waals surface area contributed by atoms with Crippen LogP contribution >= 0.6 is 0 Å². The Morgan fingerprint density at radius 1 is 1.00 bits per heavy atom. The Morgan fingerprint density at radius 3 is 2.25 bits per heavy atom. The van der Waals surface area contributed by atoms with Crippen molar-refractivity contribution >= 4 is 17.6 Å². The van der Waals surface area contributed by atoms with Gasteiger partial charge in [-0.1, -0.05) is 37.3 Å². The summed E-state index contributed by atoms with van der Waals surface area (Å²) in [6, 6.07) is 15.3. The highest BCUT2D eigenvalue weighted by Gasteiger charge is 2.29. The predicted molar refractivity (Wildman–Crippen MR) is 111 cm³/mol. The number of carbonyl (C=O) groups excluding carboxylic acids is 2. The van der Waals surface area contributed by atoms with E-state index in [1.807, 2.05) is 24.3 Å². The number of piperidine rings is 1. The van der Waals surface area contributed by atoms with Crippen molar-refractivity contribution in [3.63, 3.8) is 0 Å². The average molecular weight is 380 g/mol. The second-order valence-electron chi connectivity index (χ2n) is 7.44. The molecular formula is C23H28N2O3. The van der Waals surface area contributed by atoms with E-state index in [9.17, 15) is 9.59 Å². The Balaban J connectivity index is 1.91. The molecule has 0 saturated carbocycles. The fourth-order valence-corrected chi connectivity index (χ4v) is 4.08. The van der Waals surface area contributed by atoms with Gasteiger partial charge in [0, 0.05) is 25.7 Å². The number of nitrogens with zero attached hydrogens (tertiary/aromatic N) is 1. The van der Waals surface area contributed by atoms with Crippen LogP contribution in [0.15, 0.2) is 48.5 Å². The van der Waals surface area contributed by atoms with Crippen LogP contribution in [-0.2, 0) is 9.59 Å². The third kappa shape index (κ3) is 4.53. The van der Waals surface area contributed by atoms with Crippen molar-refractivity contribution in [1.29, 1.82) is 0 Å². The van der Waals surface area contributed by atoms with Gasteiger partial charge in [0.05, 0.1) is 5.92 Å². The van der Waals surface area contributed by atoms with E-state index < -0.39 is 5.92 Å². The quantitative estimate of drug-likeness (QED) is 0.608. The third-order valence-electron chi connectivity index (χ3n) is 5.43. The van der Waals surface area contributed by atoms with Crippen LogP contribution in [-0.4, -0.2) is 25.0 Å². The van der Waals surface area contributed by atoms with E-state index in [1.54, 1.807) is 12.1 Å². The highest BCUT2D eigenvalue weighted by Crippen LogP contribution is 2.38. The Kier molecular flexibility index (Phi) is 6.34. The number of nitrogens with two attached hydrogens (primary N) is 1. The minimum absolute atomic E-state index is 0.0739. The number of benzene rings is 2. The SMILES string of the molecule is CC(=O)Oc1ccc(C(C(N)=O)C(C)c2ccccc2N2CCCCC2)cc1. The van der Waals surface area contributed by atoms with Gasteiger partial charge < -0.3 is 15.4 Å². The number of rotatable bonds is 6. The van der Waals surface area contributed by atoms with Gasteiger partial charge in [0.1, 0.15) is 5.75 Å². The van der Waals surface area contributed by atoms with E-state index in [1.165, 1.54) is 31.9 Å². The molecule has 148 valence electrons. The molecule has 2 N–H and O–H groups in total. The summed E-state index contributed by atoms with van der Waals surface area (Å²) in [7, 11) is 0. The summed E-state index contributed by atoms with van der Waals surface area (Å²) < 4.78 is 5.09. The lowest BCUT2D eigenvalue weighted by atomic mass is 9.81. The molecular weight excluding hydrogens is 352 g/mol. The number of esters is 1. The van der Waals surface area contributed by atoms with Crippen LogP contribution < -0.4 is 15.4 Å². The van der Waals surface area contributed by atoms with E-state index in [2.05, 4.69) is 24.0 Å². The molecule has 2 unspecified atom stereocenters. The highest BCUT2D eigenvalue weighted by molar-refractivity contribution is 5.83. The van der Waals surface area contributed by atoms with Gasteiger partial charge in [-0.05, 0) is 54.5 Å². The number of amides is 1. The predicted octanol–water partition coefficient (Wildman–Crippen LogP) is 3.97. The van der Waals surface area contributed by atoms with E-state index >= 15 is 0 Å². The summed E-state index contributed by atoms with van der Waals surface area (Å²) in [6.07, 6.45) is 3.66. The summed E-state index contributed by atoms with van der Waals surface area (Å²) in [6.45, 7) is 5.50. The first-order valence-electron chi connectivity index (χ1n) is 9.89. The van der Waals surface area contributed by atoms with Crippen molar-refractivity contribution in [3.05, 3.63) is 59.7 Å². The molecule has 2 aromatic carbocycles. The topological polar surface area (TPSA) is 72.6 Å². The number of anilines is 1. The van der Waals surface area contributed by atoms with E-state index in [-0.39, 0.29) is 17.8 Å². The molecule has 28 heavy (non-hydrogen) atoms. The first kappa shape index (κ1) is 19.9. The number of ether oxygens (including phenoxy) is 1. The monoisotopic (exact) mass is 380 g/mol. The molecule has 5 nitrogen and oxygen atoms in total. The van der Waals surface area contributed by atoms with Gasteiger partial charge in [-0.15, -0.1) is 0 Å². The second-order valence-corrected chi connectivity index (χ2v) is 7.44. The van der Waals surface area contributed by atoms with Gasteiger partial charge in [-0.2, -0.15) is 0 Å². The molecule has 1 saturated heterocycles. The van der Waals surface area contributed by atoms with Crippen LogP contribution in [0.2, 0.25) is 0 Å². The first-order chi connectivity index (χ1) is 13.5. The molecule has 0 spiro atoms. The molecule has 5 heteroatoms. The zero-order valence-corrected chi connectivity index (χ0v) is 16.6. The second kappa shape index (κ2) is 8.91. The summed E-state index contributed by atoms with van der Waals surface area (Å²) in [4.78, 5) is 25.9. The molecule has 3 rings (SSSR count). The van der Waals surface area contributed by atoms with Crippen LogP contribution in [0.4, 0.5) is 5.69 Å². The summed E-state index contributed by atoms with van der Waals surface area (Å²) in [5.41, 5.74) is 8.97. The summed E-state index contributed by atoms with van der Waals surface area (Å²) >= 11 is 0. The lowest BCUT2D eigenvalue weighted by Crippen LogP contribution is -2.32. The van der Waals surface area contributed by atoms with Crippen LogP contribution in [0, 0.1) is 0 Å². The average Bonchev–Trinajstić information content (AvgIpc) is 2.69. The minimum Gasteiger partial charge on any atom is -0.427 e. The molecule has 1 aliphatic rings. The van der Waals surface area contributed by atoms with E-state index in [0.717, 1.165) is 24.2 Å². The van der Waals surface area contributed by atoms with Crippen molar-refractivity contribution in [2.24, 2.45) is 5.73 Å². The van der Waals surface area contributed by atoms with Gasteiger partial charge in [-0.25, -0.2) is 0 Å². The Morgan fingerprint density at radius 2 is 1.64 bits per heavy atom. The van der Waals surface area contributed by atoms with Gasteiger partial charge in [-0.3, -0.25) is 9.59 Å². The van der Waals surface area contributed by atoms with Gasteiger partial charge in [0.2, 0.25) is 5.91 Å². The number of para-hydroxylation sites is 1. The first-order valence-corrected chi connectivity index (χ1v) is 9.89. The molecule has 0 aromatic heterocycles. The van der Waals surface area contributed by atoms with E-state index in [4.69, 9.17) is 10.5 Å². The molecule has 1 aliphatic heterocycles. The number of hydrogen-bond acceptors (Lipinski definition) is 4. The normalized spacial score (nSPS) is 16.3. The Bertz CT molecular complexity index is 826. The Labute approximate surface area is 166 Å². The fourth-order valence-electron chi connectivity index (χ4n) is 4.08. The molecule has 0 aliphatic carbocycles. The van der Waals surface area contributed by atoms with Gasteiger partial charge in [0.15, 0.2) is 0 Å². The third-order valence-corrected chi connectivity index (χ3v) is 5.43. The maximum Gasteiger partial charge on any atom is 0.308 e. The van der Waals surface area contributed by atoms with Gasteiger partial charge in [0.25, 0.3) is 0 Å². The fraction of sp³-hybridized carbons (Fsp3) is 0.391. The summed E-state index contributed by atoms with van der Waals surface area (Å²) in [5.74, 6) is -0.808. The molecule has 2 atom stereocenters. The lowest BCUT2D eigenvalue weighted by Gasteiger charge is -2.33. The van der Waals surface area contributed by atoms with Crippen molar-refractivity contribution in [2.45, 2.75) is 44.9 Å². The molecule has 0 radical (unpaired) electrons. The van der Waals surface area contributed by atoms with E-state index in [0.29, 0.717) is 5.75 Å². The number of primary amides is 1. The molecule has 1 fully saturated rings. The maximum atomic E-state index is 12.4. The van der Waals surface area contributed by atoms with Crippen LogP contribution in [0.5, 0.6) is 5.75 Å². The van der Waals surface area contributed by atoms with Crippen molar-refractivity contribution < 1.29 is 14.3 Å². The van der Waals surface area contributed by atoms with Crippen molar-refractivity contribution in [1.82, 2.24) is 0 Å². The zero-order valence-electron chi connectivity index (χ0n) is 16.6. The molecule has 0 bridgehead atoms.